The minimum atomic E-state index is -0.704. The number of carbonyl (C=O) groups excluding carboxylic acids is 1. The van der Waals surface area contributed by atoms with Crippen molar-refractivity contribution < 1.29 is 9.82 Å². The van der Waals surface area contributed by atoms with E-state index in [1.165, 1.54) is 0 Å². The van der Waals surface area contributed by atoms with E-state index in [-0.39, 0.29) is 12.5 Å². The van der Waals surface area contributed by atoms with Crippen molar-refractivity contribution in [3.8, 4) is 0 Å². The number of nitrogens with two attached hydrogens (primary N) is 1. The average molecular weight is 360 g/mol. The molecule has 1 unspecified atom stereocenters. The van der Waals surface area contributed by atoms with E-state index >= 15 is 0 Å². The van der Waals surface area contributed by atoms with E-state index in [9.17, 15) is 9.82 Å². The summed E-state index contributed by atoms with van der Waals surface area (Å²) in [5, 5.41) is 18.2. The molecule has 1 amide bonds. The molecule has 0 saturated carbocycles. The molecule has 0 aliphatic carbocycles. The summed E-state index contributed by atoms with van der Waals surface area (Å²) in [4.78, 5) is 16.9. The first kappa shape index (κ1) is 17.7. The smallest absolute Gasteiger partial charge is 0.413 e. The summed E-state index contributed by atoms with van der Waals surface area (Å²) in [6, 6.07) is 13.4. The van der Waals surface area contributed by atoms with Gasteiger partial charge in [-0.3, -0.25) is 9.78 Å². The second-order valence-corrected chi connectivity index (χ2v) is 6.78. The van der Waals surface area contributed by atoms with Crippen molar-refractivity contribution in [1.82, 2.24) is 10.2 Å². The molecule has 5 N–H and O–H groups in total. The van der Waals surface area contributed by atoms with Gasteiger partial charge in [0.15, 0.2) is 0 Å². The maximum absolute atomic E-state index is 12.8. The monoisotopic (exact) mass is 360 g/mol. The fourth-order valence-corrected chi connectivity index (χ4v) is 3.55. The number of amides is 1. The highest BCUT2D eigenvalue weighted by atomic mass is 16.2. The summed E-state index contributed by atoms with van der Waals surface area (Å²) in [6.07, 6.45) is 4.37. The van der Waals surface area contributed by atoms with Crippen molar-refractivity contribution in [3.63, 3.8) is 0 Å². The van der Waals surface area contributed by atoms with Gasteiger partial charge in [-0.15, -0.1) is 0 Å². The molecule has 3 aromatic rings. The molecule has 1 aliphatic heterocycles. The minimum Gasteiger partial charge on any atom is -0.433 e. The van der Waals surface area contributed by atoms with Crippen molar-refractivity contribution in [2.75, 3.05) is 18.4 Å². The molecule has 2 aromatic carbocycles. The third-order valence-corrected chi connectivity index (χ3v) is 5.06. The Bertz CT molecular complexity index is 995. The Morgan fingerprint density at radius 1 is 1.26 bits per heavy atom. The van der Waals surface area contributed by atoms with Gasteiger partial charge in [-0.1, -0.05) is 24.3 Å². The quantitative estimate of drug-likeness (QED) is 0.515. The Morgan fingerprint density at radius 2 is 2.15 bits per heavy atom. The van der Waals surface area contributed by atoms with Crippen LogP contribution in [-0.2, 0) is 11.2 Å². The van der Waals surface area contributed by atoms with Crippen LogP contribution in [0.3, 0.4) is 0 Å². The Balaban J connectivity index is 1.58. The van der Waals surface area contributed by atoms with E-state index in [0.717, 1.165) is 46.0 Å². The van der Waals surface area contributed by atoms with E-state index in [1.807, 2.05) is 42.5 Å². The lowest BCUT2D eigenvalue weighted by molar-refractivity contribution is -0.117. The van der Waals surface area contributed by atoms with Gasteiger partial charge in [0.2, 0.25) is 5.91 Å². The SMILES string of the molecule is NCC(C(=O)Nc1ccc2cnccc2c1)c1ccc2c(c1)B(O)NCC2. The maximum Gasteiger partial charge on any atom is 0.413 e. The lowest BCUT2D eigenvalue weighted by Crippen LogP contribution is -2.51. The topological polar surface area (TPSA) is 100 Å². The van der Waals surface area contributed by atoms with Gasteiger partial charge in [-0.2, -0.15) is 0 Å². The van der Waals surface area contributed by atoms with Crippen LogP contribution in [0.15, 0.2) is 54.9 Å². The van der Waals surface area contributed by atoms with Crippen LogP contribution >= 0.6 is 0 Å². The zero-order valence-corrected chi connectivity index (χ0v) is 14.9. The van der Waals surface area contributed by atoms with E-state index < -0.39 is 13.0 Å². The molecule has 1 aromatic heterocycles. The second kappa shape index (κ2) is 7.48. The second-order valence-electron chi connectivity index (χ2n) is 6.78. The minimum absolute atomic E-state index is 0.163. The maximum atomic E-state index is 12.8. The Labute approximate surface area is 157 Å². The first-order chi connectivity index (χ1) is 13.2. The molecule has 27 heavy (non-hydrogen) atoms. The largest absolute Gasteiger partial charge is 0.433 e. The highest BCUT2D eigenvalue weighted by Gasteiger charge is 2.26. The van der Waals surface area contributed by atoms with E-state index in [2.05, 4.69) is 15.5 Å². The highest BCUT2D eigenvalue weighted by Crippen LogP contribution is 2.21. The molecule has 136 valence electrons. The van der Waals surface area contributed by atoms with Crippen LogP contribution < -0.4 is 21.7 Å². The number of fused-ring (bicyclic) bond motifs is 2. The molecule has 0 radical (unpaired) electrons. The summed E-state index contributed by atoms with van der Waals surface area (Å²) in [7, 11) is -0.704. The predicted molar refractivity (Wildman–Crippen MR) is 108 cm³/mol. The highest BCUT2D eigenvalue weighted by molar-refractivity contribution is 6.64. The van der Waals surface area contributed by atoms with Crippen molar-refractivity contribution in [2.24, 2.45) is 5.73 Å². The number of aromatic nitrogens is 1. The van der Waals surface area contributed by atoms with Gasteiger partial charge in [-0.05, 0) is 53.1 Å². The summed E-state index contributed by atoms with van der Waals surface area (Å²) in [5.74, 6) is -0.651. The Hall–Kier alpha value is -2.74. The molecule has 2 heterocycles. The van der Waals surface area contributed by atoms with Crippen LogP contribution in [0, 0.1) is 0 Å². The molecule has 7 heteroatoms. The zero-order chi connectivity index (χ0) is 18.8. The number of benzene rings is 2. The van der Waals surface area contributed by atoms with E-state index in [4.69, 9.17) is 5.73 Å². The first-order valence-electron chi connectivity index (χ1n) is 9.04. The molecule has 6 nitrogen and oxygen atoms in total. The molecular formula is C20H21BN4O2. The molecule has 0 bridgehead atoms. The normalized spacial score (nSPS) is 14.7. The lowest BCUT2D eigenvalue weighted by Gasteiger charge is -2.22. The van der Waals surface area contributed by atoms with Gasteiger partial charge in [0.25, 0.3) is 0 Å². The summed E-state index contributed by atoms with van der Waals surface area (Å²) < 4.78 is 0. The standard InChI is InChI=1S/C20H21BN4O2/c22-11-18(15-2-1-13-6-8-24-21(27)19(13)10-15)20(26)25-17-4-3-16-12-23-7-5-14(16)9-17/h1-5,7,9-10,12,18,24,27H,6,8,11,22H2,(H,25,26). The van der Waals surface area contributed by atoms with Crippen molar-refractivity contribution in [1.29, 1.82) is 0 Å². The van der Waals surface area contributed by atoms with Crippen LogP contribution in [0.25, 0.3) is 10.8 Å². The number of nitrogens with zero attached hydrogens (tertiary/aromatic N) is 1. The van der Waals surface area contributed by atoms with Gasteiger partial charge >= 0.3 is 7.05 Å². The van der Waals surface area contributed by atoms with Gasteiger partial charge in [0.05, 0.1) is 5.92 Å². The number of carbonyl (C=O) groups is 1. The Morgan fingerprint density at radius 3 is 3.00 bits per heavy atom. The van der Waals surface area contributed by atoms with Gasteiger partial charge in [0.1, 0.15) is 0 Å². The fourth-order valence-electron chi connectivity index (χ4n) is 3.55. The van der Waals surface area contributed by atoms with E-state index in [0.29, 0.717) is 0 Å². The van der Waals surface area contributed by atoms with Crippen LogP contribution in [0.4, 0.5) is 5.69 Å². The number of hydrogen-bond donors (Lipinski definition) is 4. The van der Waals surface area contributed by atoms with Gasteiger partial charge in [-0.25, -0.2) is 0 Å². The molecule has 0 saturated heterocycles. The van der Waals surface area contributed by atoms with Crippen molar-refractivity contribution in [3.05, 3.63) is 66.0 Å². The number of anilines is 1. The zero-order valence-electron chi connectivity index (χ0n) is 14.9. The van der Waals surface area contributed by atoms with Crippen LogP contribution in [0.1, 0.15) is 17.0 Å². The van der Waals surface area contributed by atoms with Crippen LogP contribution in [-0.4, -0.2) is 36.1 Å². The average Bonchev–Trinajstić information content (AvgIpc) is 2.69. The van der Waals surface area contributed by atoms with Gasteiger partial charge in [0, 0.05) is 30.0 Å². The van der Waals surface area contributed by atoms with E-state index in [1.54, 1.807) is 12.4 Å². The molecule has 1 aliphatic rings. The number of rotatable bonds is 4. The predicted octanol–water partition coefficient (Wildman–Crippen LogP) is 0.749. The molecule has 0 spiro atoms. The summed E-state index contributed by atoms with van der Waals surface area (Å²) in [5.41, 5.74) is 9.36. The van der Waals surface area contributed by atoms with Crippen molar-refractivity contribution >= 4 is 34.9 Å². The molecule has 1 atom stereocenters. The lowest BCUT2D eigenvalue weighted by atomic mass is 9.67. The fraction of sp³-hybridized carbons (Fsp3) is 0.200. The third-order valence-electron chi connectivity index (χ3n) is 5.06. The molecule has 4 rings (SSSR count). The summed E-state index contributed by atoms with van der Waals surface area (Å²) in [6.45, 7) is 0.928. The summed E-state index contributed by atoms with van der Waals surface area (Å²) >= 11 is 0. The number of pyridine rings is 1. The Kier molecular flexibility index (Phi) is 4.89. The third kappa shape index (κ3) is 3.57. The number of nitrogens with one attached hydrogen (secondary N) is 2. The van der Waals surface area contributed by atoms with Crippen molar-refractivity contribution in [2.45, 2.75) is 12.3 Å². The van der Waals surface area contributed by atoms with Crippen LogP contribution in [0.5, 0.6) is 0 Å². The van der Waals surface area contributed by atoms with Crippen LogP contribution in [0.2, 0.25) is 0 Å². The molecule has 0 fully saturated rings. The molecular weight excluding hydrogens is 339 g/mol. The van der Waals surface area contributed by atoms with Gasteiger partial charge < -0.3 is 21.3 Å². The number of hydrogen-bond acceptors (Lipinski definition) is 5. The first-order valence-corrected chi connectivity index (χ1v) is 9.04.